The summed E-state index contributed by atoms with van der Waals surface area (Å²) >= 11 is 0. The Kier molecular flexibility index (Phi) is 7.04. The zero-order chi connectivity index (χ0) is 22.7. The number of hydrogen-bond acceptors (Lipinski definition) is 4. The predicted molar refractivity (Wildman–Crippen MR) is 104 cm³/mol. The Bertz CT molecular complexity index is 1140. The van der Waals surface area contributed by atoms with E-state index in [4.69, 9.17) is 0 Å². The molecule has 0 radical (unpaired) electrons. The third-order valence-electron chi connectivity index (χ3n) is 3.86. The number of rotatable bonds is 6. The standard InChI is InChI=1S/C20H16F4O4S2/c1-13(21)19(29(25,26)15-9-5-3-6-10-15)17(23)18(24)20(14(2)22)30(27,28)16-11-7-4-8-12-16/h3-12H,1-2H3/b18-17-,19-13-,20-14-. The molecule has 0 aliphatic carbocycles. The highest BCUT2D eigenvalue weighted by Gasteiger charge is 2.36. The zero-order valence-corrected chi connectivity index (χ0v) is 17.4. The minimum atomic E-state index is -4.92. The molecule has 160 valence electrons. The SMILES string of the molecule is C\C(F)=C(/C(F)=C(F)\C(=C(/C)F)S(=O)(=O)c1ccccc1)S(=O)(=O)c1ccccc1. The highest BCUT2D eigenvalue weighted by atomic mass is 32.2. The molecule has 0 spiro atoms. The maximum Gasteiger partial charge on any atom is 0.212 e. The second-order valence-corrected chi connectivity index (χ2v) is 9.76. The molecule has 0 saturated carbocycles. The molecule has 0 bridgehead atoms. The van der Waals surface area contributed by atoms with E-state index in [1.54, 1.807) is 0 Å². The van der Waals surface area contributed by atoms with Crippen LogP contribution in [-0.2, 0) is 19.7 Å². The summed E-state index contributed by atoms with van der Waals surface area (Å²) in [7, 11) is -9.84. The van der Waals surface area contributed by atoms with Crippen LogP contribution in [0.15, 0.2) is 104 Å². The van der Waals surface area contributed by atoms with Crippen molar-refractivity contribution in [2.75, 3.05) is 0 Å². The molecular formula is C20H16F4O4S2. The summed E-state index contributed by atoms with van der Waals surface area (Å²) in [4.78, 5) is -4.58. The van der Waals surface area contributed by atoms with Crippen LogP contribution in [0, 0.1) is 0 Å². The molecule has 4 nitrogen and oxygen atoms in total. The lowest BCUT2D eigenvalue weighted by Gasteiger charge is -2.12. The van der Waals surface area contributed by atoms with E-state index in [0.29, 0.717) is 13.8 Å². The van der Waals surface area contributed by atoms with E-state index in [0.717, 1.165) is 24.3 Å². The molecule has 0 heterocycles. The first-order chi connectivity index (χ1) is 13.9. The zero-order valence-electron chi connectivity index (χ0n) is 15.7. The summed E-state index contributed by atoms with van der Waals surface area (Å²) in [5.74, 6) is -7.99. The molecule has 0 fully saturated rings. The Balaban J connectivity index is 2.78. The third-order valence-corrected chi connectivity index (χ3v) is 7.64. The lowest BCUT2D eigenvalue weighted by atomic mass is 10.3. The average Bonchev–Trinajstić information content (AvgIpc) is 2.68. The number of halogens is 4. The first-order valence-electron chi connectivity index (χ1n) is 8.31. The molecule has 0 saturated heterocycles. The fourth-order valence-corrected chi connectivity index (χ4v) is 5.44. The van der Waals surface area contributed by atoms with Crippen LogP contribution in [0.2, 0.25) is 0 Å². The van der Waals surface area contributed by atoms with Gasteiger partial charge in [-0.25, -0.2) is 34.4 Å². The highest BCUT2D eigenvalue weighted by Crippen LogP contribution is 2.37. The van der Waals surface area contributed by atoms with Crippen LogP contribution in [0.3, 0.4) is 0 Å². The number of allylic oxidation sites excluding steroid dienone is 4. The van der Waals surface area contributed by atoms with Crippen molar-refractivity contribution < 1.29 is 34.4 Å². The van der Waals surface area contributed by atoms with Gasteiger partial charge in [0.15, 0.2) is 11.7 Å². The van der Waals surface area contributed by atoms with Crippen LogP contribution in [0.5, 0.6) is 0 Å². The maximum absolute atomic E-state index is 14.9. The molecule has 2 rings (SSSR count). The van der Waals surface area contributed by atoms with Gasteiger partial charge in [0, 0.05) is 0 Å². The van der Waals surface area contributed by atoms with Crippen molar-refractivity contribution in [3.8, 4) is 0 Å². The Hall–Kier alpha value is -2.72. The summed E-state index contributed by atoms with van der Waals surface area (Å²) in [5.41, 5.74) is 0. The molecule has 2 aromatic carbocycles. The van der Waals surface area contributed by atoms with Gasteiger partial charge in [0.25, 0.3) is 0 Å². The van der Waals surface area contributed by atoms with Crippen molar-refractivity contribution in [3.05, 3.63) is 93.8 Å². The second kappa shape index (κ2) is 8.97. The van der Waals surface area contributed by atoms with Gasteiger partial charge in [-0.1, -0.05) is 36.4 Å². The van der Waals surface area contributed by atoms with E-state index in [1.807, 2.05) is 0 Å². The smallest absolute Gasteiger partial charge is 0.212 e. The van der Waals surface area contributed by atoms with E-state index in [2.05, 4.69) is 0 Å². The second-order valence-electron chi connectivity index (χ2n) is 5.99. The van der Waals surface area contributed by atoms with Crippen molar-refractivity contribution >= 4 is 19.7 Å². The summed E-state index contributed by atoms with van der Waals surface area (Å²) in [6.45, 7) is 1.11. The van der Waals surface area contributed by atoms with Crippen LogP contribution in [-0.4, -0.2) is 16.8 Å². The van der Waals surface area contributed by atoms with Crippen molar-refractivity contribution in [2.45, 2.75) is 23.6 Å². The first-order valence-corrected chi connectivity index (χ1v) is 11.3. The molecule has 2 aromatic rings. The molecule has 30 heavy (non-hydrogen) atoms. The van der Waals surface area contributed by atoms with E-state index in [1.165, 1.54) is 36.4 Å². The van der Waals surface area contributed by atoms with Crippen LogP contribution in [0.4, 0.5) is 17.6 Å². The number of benzene rings is 2. The molecule has 0 aliphatic heterocycles. The van der Waals surface area contributed by atoms with E-state index >= 15 is 0 Å². The molecule has 0 atom stereocenters. The van der Waals surface area contributed by atoms with E-state index < -0.39 is 62.6 Å². The van der Waals surface area contributed by atoms with Gasteiger partial charge in [-0.3, -0.25) is 0 Å². The Morgan fingerprint density at radius 3 is 1.07 bits per heavy atom. The normalized spacial score (nSPS) is 15.1. The monoisotopic (exact) mass is 460 g/mol. The molecule has 0 amide bonds. The van der Waals surface area contributed by atoms with E-state index in [9.17, 15) is 34.4 Å². The van der Waals surface area contributed by atoms with Crippen LogP contribution < -0.4 is 0 Å². The quantitative estimate of drug-likeness (QED) is 0.423. The third kappa shape index (κ3) is 4.54. The molecular weight excluding hydrogens is 444 g/mol. The summed E-state index contributed by atoms with van der Waals surface area (Å²) in [6, 6.07) is 12.0. The first kappa shape index (κ1) is 23.6. The van der Waals surface area contributed by atoms with Crippen LogP contribution in [0.25, 0.3) is 0 Å². The van der Waals surface area contributed by atoms with Gasteiger partial charge in [-0.15, -0.1) is 0 Å². The highest BCUT2D eigenvalue weighted by molar-refractivity contribution is 7.96. The van der Waals surface area contributed by atoms with Crippen molar-refractivity contribution in [1.29, 1.82) is 0 Å². The van der Waals surface area contributed by atoms with Gasteiger partial charge in [0.2, 0.25) is 19.7 Å². The lowest BCUT2D eigenvalue weighted by molar-refractivity contribution is 0.531. The van der Waals surface area contributed by atoms with Gasteiger partial charge in [-0.2, -0.15) is 0 Å². The molecule has 0 N–H and O–H groups in total. The average molecular weight is 460 g/mol. The van der Waals surface area contributed by atoms with Crippen LogP contribution in [0.1, 0.15) is 13.8 Å². The summed E-state index contributed by atoms with van der Waals surface area (Å²) in [6.07, 6.45) is 0. The maximum atomic E-state index is 14.9. The molecule has 10 heteroatoms. The topological polar surface area (TPSA) is 68.3 Å². The van der Waals surface area contributed by atoms with Gasteiger partial charge in [0.1, 0.15) is 21.5 Å². The Labute approximate surface area is 171 Å². The summed E-state index contributed by atoms with van der Waals surface area (Å²) < 4.78 is 108. The Morgan fingerprint density at radius 1 is 0.567 bits per heavy atom. The van der Waals surface area contributed by atoms with Gasteiger partial charge in [0.05, 0.1) is 9.79 Å². The van der Waals surface area contributed by atoms with Crippen molar-refractivity contribution in [3.63, 3.8) is 0 Å². The van der Waals surface area contributed by atoms with Crippen LogP contribution >= 0.6 is 0 Å². The summed E-state index contributed by atoms with van der Waals surface area (Å²) in [5, 5.41) is 0. The molecule has 0 aromatic heterocycles. The lowest BCUT2D eigenvalue weighted by Crippen LogP contribution is -2.12. The van der Waals surface area contributed by atoms with Gasteiger partial charge in [-0.05, 0) is 38.1 Å². The fraction of sp³-hybridized carbons (Fsp3) is 0.100. The van der Waals surface area contributed by atoms with E-state index in [-0.39, 0.29) is 0 Å². The minimum Gasteiger partial charge on any atom is -0.218 e. The van der Waals surface area contributed by atoms with Gasteiger partial charge < -0.3 is 0 Å². The predicted octanol–water partition coefficient (Wildman–Crippen LogP) is 5.49. The largest absolute Gasteiger partial charge is 0.218 e. The van der Waals surface area contributed by atoms with Gasteiger partial charge >= 0.3 is 0 Å². The van der Waals surface area contributed by atoms with Crippen molar-refractivity contribution in [1.82, 2.24) is 0 Å². The Morgan fingerprint density at radius 2 is 0.833 bits per heavy atom. The number of sulfone groups is 2. The minimum absolute atomic E-state index is 0.556. The molecule has 0 unspecified atom stereocenters. The molecule has 0 aliphatic rings. The fourth-order valence-electron chi connectivity index (χ4n) is 2.54. The van der Waals surface area contributed by atoms with Crippen molar-refractivity contribution in [2.24, 2.45) is 0 Å². The number of hydrogen-bond donors (Lipinski definition) is 0.